The van der Waals surface area contributed by atoms with E-state index >= 15 is 0 Å². The van der Waals surface area contributed by atoms with E-state index in [0.29, 0.717) is 0 Å². The molecule has 0 radical (unpaired) electrons. The van der Waals surface area contributed by atoms with Crippen molar-refractivity contribution < 1.29 is 0 Å². The van der Waals surface area contributed by atoms with Gasteiger partial charge in [-0.3, -0.25) is 0 Å². The minimum Gasteiger partial charge on any atom is -0.309 e. The highest BCUT2D eigenvalue weighted by Crippen LogP contribution is 2.35. The van der Waals surface area contributed by atoms with E-state index in [1.54, 1.807) is 0 Å². The number of aromatic nitrogens is 1. The molecule has 1 aromatic heterocycles. The Hall–Kier alpha value is -2.06. The summed E-state index contributed by atoms with van der Waals surface area (Å²) in [6.45, 7) is 4.29. The second kappa shape index (κ2) is 4.99. The maximum Gasteiger partial charge on any atom is 0.0552 e. The lowest BCUT2D eigenvalue weighted by atomic mass is 10.1. The SMILES string of the molecule is Cc1ccc2c(c1)c1cc(C)c(Br)cc1n2-c1ccccc1. The van der Waals surface area contributed by atoms with E-state index in [1.807, 2.05) is 0 Å². The second-order valence-corrected chi connectivity index (χ2v) is 6.66. The molecule has 0 saturated carbocycles. The van der Waals surface area contributed by atoms with Crippen LogP contribution >= 0.6 is 15.9 Å². The first-order valence-electron chi connectivity index (χ1n) is 7.41. The highest BCUT2D eigenvalue weighted by atomic mass is 79.9. The summed E-state index contributed by atoms with van der Waals surface area (Å²) in [4.78, 5) is 0. The summed E-state index contributed by atoms with van der Waals surface area (Å²) in [6.07, 6.45) is 0. The lowest BCUT2D eigenvalue weighted by Crippen LogP contribution is -1.93. The number of aryl methyl sites for hydroxylation is 2. The molecule has 0 aliphatic heterocycles. The standard InChI is InChI=1S/C20H16BrN/c1-13-8-9-19-16(10-13)17-11-14(2)18(21)12-20(17)22(19)15-6-4-3-5-7-15/h3-12H,1-2H3. The first-order valence-corrected chi connectivity index (χ1v) is 8.21. The van der Waals surface area contributed by atoms with Crippen molar-refractivity contribution in [2.75, 3.05) is 0 Å². The number of hydrogen-bond acceptors (Lipinski definition) is 0. The zero-order chi connectivity index (χ0) is 15.3. The zero-order valence-corrected chi connectivity index (χ0v) is 14.2. The Kier molecular flexibility index (Phi) is 3.08. The number of hydrogen-bond donors (Lipinski definition) is 0. The number of fused-ring (bicyclic) bond motifs is 3. The monoisotopic (exact) mass is 349 g/mol. The molecule has 0 aliphatic carbocycles. The molecule has 3 aromatic carbocycles. The van der Waals surface area contributed by atoms with E-state index in [9.17, 15) is 0 Å². The predicted octanol–water partition coefficient (Wildman–Crippen LogP) is 6.16. The van der Waals surface area contributed by atoms with Crippen molar-refractivity contribution in [3.05, 3.63) is 76.3 Å². The van der Waals surface area contributed by atoms with Crippen LogP contribution in [0.25, 0.3) is 27.5 Å². The highest BCUT2D eigenvalue weighted by molar-refractivity contribution is 9.10. The molecule has 108 valence electrons. The summed E-state index contributed by atoms with van der Waals surface area (Å²) < 4.78 is 3.49. The number of nitrogens with zero attached hydrogens (tertiary/aromatic N) is 1. The van der Waals surface area contributed by atoms with Gasteiger partial charge in [0.05, 0.1) is 11.0 Å². The van der Waals surface area contributed by atoms with Crippen LogP contribution in [0.5, 0.6) is 0 Å². The third-order valence-electron chi connectivity index (χ3n) is 4.22. The number of halogens is 1. The molecule has 22 heavy (non-hydrogen) atoms. The topological polar surface area (TPSA) is 4.93 Å². The minimum atomic E-state index is 1.15. The largest absolute Gasteiger partial charge is 0.309 e. The fraction of sp³-hybridized carbons (Fsp3) is 0.100. The van der Waals surface area contributed by atoms with Crippen LogP contribution in [0.3, 0.4) is 0 Å². The molecule has 0 saturated heterocycles. The normalized spacial score (nSPS) is 11.4. The van der Waals surface area contributed by atoms with Gasteiger partial charge in [0.25, 0.3) is 0 Å². The molecule has 1 heterocycles. The van der Waals surface area contributed by atoms with Crippen LogP contribution in [-0.4, -0.2) is 4.57 Å². The molecular weight excluding hydrogens is 334 g/mol. The fourth-order valence-corrected chi connectivity index (χ4v) is 3.45. The van der Waals surface area contributed by atoms with Crippen LogP contribution in [0.4, 0.5) is 0 Å². The van der Waals surface area contributed by atoms with E-state index in [-0.39, 0.29) is 0 Å². The highest BCUT2D eigenvalue weighted by Gasteiger charge is 2.13. The second-order valence-electron chi connectivity index (χ2n) is 5.81. The summed E-state index contributed by atoms with van der Waals surface area (Å²) in [7, 11) is 0. The minimum absolute atomic E-state index is 1.15. The van der Waals surface area contributed by atoms with Gasteiger partial charge in [0.1, 0.15) is 0 Å². The van der Waals surface area contributed by atoms with Crippen LogP contribution in [0.15, 0.2) is 65.1 Å². The summed E-state index contributed by atoms with van der Waals surface area (Å²) >= 11 is 3.68. The van der Waals surface area contributed by atoms with Gasteiger partial charge in [0.2, 0.25) is 0 Å². The van der Waals surface area contributed by atoms with Gasteiger partial charge >= 0.3 is 0 Å². The molecule has 0 aliphatic rings. The average molecular weight is 350 g/mol. The Morgan fingerprint density at radius 3 is 2.27 bits per heavy atom. The summed E-state index contributed by atoms with van der Waals surface area (Å²) in [5.74, 6) is 0. The van der Waals surface area contributed by atoms with Crippen molar-refractivity contribution in [1.82, 2.24) is 4.57 Å². The van der Waals surface area contributed by atoms with E-state index in [0.717, 1.165) is 4.47 Å². The average Bonchev–Trinajstić information content (AvgIpc) is 2.82. The van der Waals surface area contributed by atoms with Gasteiger partial charge in [-0.15, -0.1) is 0 Å². The zero-order valence-electron chi connectivity index (χ0n) is 12.6. The molecule has 0 spiro atoms. The first-order chi connectivity index (χ1) is 10.6. The Balaban J connectivity index is 2.24. The van der Waals surface area contributed by atoms with Crippen molar-refractivity contribution in [3.63, 3.8) is 0 Å². The van der Waals surface area contributed by atoms with Gasteiger partial charge in [-0.2, -0.15) is 0 Å². The lowest BCUT2D eigenvalue weighted by molar-refractivity contribution is 1.18. The molecule has 1 nitrogen and oxygen atoms in total. The Bertz CT molecular complexity index is 997. The van der Waals surface area contributed by atoms with E-state index in [2.05, 4.69) is 95.0 Å². The first kappa shape index (κ1) is 13.6. The molecule has 0 fully saturated rings. The van der Waals surface area contributed by atoms with Crippen molar-refractivity contribution in [1.29, 1.82) is 0 Å². The van der Waals surface area contributed by atoms with Gasteiger partial charge in [0, 0.05) is 20.9 Å². The van der Waals surface area contributed by atoms with Gasteiger partial charge in [-0.05, 0) is 55.8 Å². The maximum atomic E-state index is 3.68. The van der Waals surface area contributed by atoms with Crippen molar-refractivity contribution in [2.24, 2.45) is 0 Å². The molecular formula is C20H16BrN. The van der Waals surface area contributed by atoms with Crippen LogP contribution < -0.4 is 0 Å². The van der Waals surface area contributed by atoms with Crippen LogP contribution in [0.1, 0.15) is 11.1 Å². The molecule has 0 unspecified atom stereocenters. The quantitative estimate of drug-likeness (QED) is 0.387. The molecule has 0 bridgehead atoms. The molecule has 0 amide bonds. The summed E-state index contributed by atoms with van der Waals surface area (Å²) in [5, 5.41) is 2.62. The Morgan fingerprint density at radius 1 is 0.773 bits per heavy atom. The van der Waals surface area contributed by atoms with Gasteiger partial charge < -0.3 is 4.57 Å². The third kappa shape index (κ3) is 1.98. The van der Waals surface area contributed by atoms with Crippen molar-refractivity contribution >= 4 is 37.7 Å². The van der Waals surface area contributed by atoms with Gasteiger partial charge in [-0.25, -0.2) is 0 Å². The number of rotatable bonds is 1. The van der Waals surface area contributed by atoms with Gasteiger partial charge in [-0.1, -0.05) is 45.8 Å². The molecule has 4 aromatic rings. The number of benzene rings is 3. The van der Waals surface area contributed by atoms with Crippen molar-refractivity contribution in [2.45, 2.75) is 13.8 Å². The smallest absolute Gasteiger partial charge is 0.0552 e. The molecule has 0 atom stereocenters. The molecule has 4 rings (SSSR count). The van der Waals surface area contributed by atoms with Gasteiger partial charge in [0.15, 0.2) is 0 Å². The fourth-order valence-electron chi connectivity index (χ4n) is 3.12. The van der Waals surface area contributed by atoms with E-state index < -0.39 is 0 Å². The predicted molar refractivity (Wildman–Crippen MR) is 98.0 cm³/mol. The van der Waals surface area contributed by atoms with E-state index in [4.69, 9.17) is 0 Å². The third-order valence-corrected chi connectivity index (χ3v) is 5.07. The van der Waals surface area contributed by atoms with E-state index in [1.165, 1.54) is 38.6 Å². The summed E-state index contributed by atoms with van der Waals surface area (Å²) in [6, 6.07) is 21.7. The molecule has 2 heteroatoms. The Labute approximate surface area is 138 Å². The van der Waals surface area contributed by atoms with Crippen LogP contribution in [0, 0.1) is 13.8 Å². The number of para-hydroxylation sites is 1. The maximum absolute atomic E-state index is 3.68. The Morgan fingerprint density at radius 2 is 1.50 bits per heavy atom. The van der Waals surface area contributed by atoms with Crippen LogP contribution in [-0.2, 0) is 0 Å². The summed E-state index contributed by atoms with van der Waals surface area (Å²) in [5.41, 5.74) is 6.25. The lowest BCUT2D eigenvalue weighted by Gasteiger charge is -2.08. The van der Waals surface area contributed by atoms with Crippen LogP contribution in [0.2, 0.25) is 0 Å². The molecule has 0 N–H and O–H groups in total. The van der Waals surface area contributed by atoms with Crippen molar-refractivity contribution in [3.8, 4) is 5.69 Å².